The molecule has 0 atom stereocenters. The molecule has 0 saturated carbocycles. The van der Waals surface area contributed by atoms with Gasteiger partial charge in [-0.05, 0) is 29.7 Å². The molecule has 28 heavy (non-hydrogen) atoms. The molecule has 0 saturated heterocycles. The van der Waals surface area contributed by atoms with Gasteiger partial charge in [-0.25, -0.2) is 0 Å². The molecule has 0 heterocycles. The van der Waals surface area contributed by atoms with Gasteiger partial charge in [0.2, 0.25) is 5.91 Å². The largest absolute Gasteiger partial charge is 0.481 e. The second-order valence-electron chi connectivity index (χ2n) is 6.26. The summed E-state index contributed by atoms with van der Waals surface area (Å²) < 4.78 is 0. The van der Waals surface area contributed by atoms with Crippen LogP contribution in [0, 0.1) is 10.1 Å². The number of anilines is 1. The smallest absolute Gasteiger partial charge is 0.303 e. The number of nitrogens with zero attached hydrogens (tertiary/aromatic N) is 1. The Kier molecular flexibility index (Phi) is 5.30. The first-order valence-electron chi connectivity index (χ1n) is 8.52. The molecule has 8 heteroatoms. The highest BCUT2D eigenvalue weighted by Crippen LogP contribution is 2.36. The predicted molar refractivity (Wildman–Crippen MR) is 103 cm³/mol. The number of aliphatic carboxylic acids is 1. The third-order valence-electron chi connectivity index (χ3n) is 4.22. The minimum Gasteiger partial charge on any atom is -0.481 e. The van der Waals surface area contributed by atoms with E-state index in [4.69, 9.17) is 5.11 Å². The van der Waals surface area contributed by atoms with Gasteiger partial charge in [0.1, 0.15) is 0 Å². The van der Waals surface area contributed by atoms with Gasteiger partial charge < -0.3 is 10.4 Å². The SMILES string of the molecule is O=C(O)CCCC(=O)Nc1cccc(-c2c(-c3cccc([N+](=O)[O-])c3)c2=O)c1. The van der Waals surface area contributed by atoms with Crippen molar-refractivity contribution in [1.82, 2.24) is 0 Å². The molecule has 0 fully saturated rings. The zero-order chi connectivity index (χ0) is 20.3. The number of nitro benzene ring substituents is 1. The Morgan fingerprint density at radius 2 is 1.64 bits per heavy atom. The van der Waals surface area contributed by atoms with Crippen LogP contribution in [0.4, 0.5) is 11.4 Å². The maximum atomic E-state index is 12.3. The number of carboxylic acids is 1. The van der Waals surface area contributed by atoms with Crippen LogP contribution in [0.2, 0.25) is 0 Å². The van der Waals surface area contributed by atoms with Crippen molar-refractivity contribution >= 4 is 23.3 Å². The van der Waals surface area contributed by atoms with Gasteiger partial charge in [-0.1, -0.05) is 24.3 Å². The summed E-state index contributed by atoms with van der Waals surface area (Å²) >= 11 is 0. The van der Waals surface area contributed by atoms with E-state index in [0.29, 0.717) is 27.9 Å². The Labute approximate surface area is 159 Å². The van der Waals surface area contributed by atoms with E-state index >= 15 is 0 Å². The van der Waals surface area contributed by atoms with Gasteiger partial charge in [-0.2, -0.15) is 0 Å². The van der Waals surface area contributed by atoms with E-state index in [0.717, 1.165) is 0 Å². The van der Waals surface area contributed by atoms with Gasteiger partial charge >= 0.3 is 5.97 Å². The molecule has 3 rings (SSSR count). The number of hydrogen-bond donors (Lipinski definition) is 2. The van der Waals surface area contributed by atoms with Gasteiger partial charge in [-0.3, -0.25) is 24.5 Å². The number of hydrogen-bond acceptors (Lipinski definition) is 5. The molecule has 3 aromatic carbocycles. The first-order valence-corrected chi connectivity index (χ1v) is 8.52. The van der Waals surface area contributed by atoms with Gasteiger partial charge in [-0.15, -0.1) is 0 Å². The lowest BCUT2D eigenvalue weighted by Crippen LogP contribution is -2.11. The van der Waals surface area contributed by atoms with Gasteiger partial charge in [0.15, 0.2) is 5.43 Å². The van der Waals surface area contributed by atoms with Crippen LogP contribution in [0.3, 0.4) is 0 Å². The maximum Gasteiger partial charge on any atom is 0.303 e. The summed E-state index contributed by atoms with van der Waals surface area (Å²) in [5.41, 5.74) is 2.18. The number of carboxylic acid groups (broad SMARTS) is 1. The van der Waals surface area contributed by atoms with Crippen molar-refractivity contribution in [3.63, 3.8) is 0 Å². The van der Waals surface area contributed by atoms with Gasteiger partial charge in [0.25, 0.3) is 5.69 Å². The molecule has 0 bridgehead atoms. The number of rotatable bonds is 8. The van der Waals surface area contributed by atoms with E-state index in [-0.39, 0.29) is 36.3 Å². The van der Waals surface area contributed by atoms with Crippen molar-refractivity contribution in [1.29, 1.82) is 0 Å². The topological polar surface area (TPSA) is 127 Å². The number of carbonyl (C=O) groups is 2. The van der Waals surface area contributed by atoms with E-state index in [1.165, 1.54) is 18.2 Å². The molecule has 2 N–H and O–H groups in total. The van der Waals surface area contributed by atoms with Crippen LogP contribution in [-0.2, 0) is 9.59 Å². The van der Waals surface area contributed by atoms with Gasteiger partial charge in [0, 0.05) is 41.8 Å². The molecule has 0 aliphatic heterocycles. The minimum atomic E-state index is -0.956. The van der Waals surface area contributed by atoms with Crippen molar-refractivity contribution in [2.24, 2.45) is 0 Å². The molecule has 0 aliphatic carbocycles. The number of amides is 1. The highest BCUT2D eigenvalue weighted by atomic mass is 16.6. The molecule has 1 amide bonds. The Morgan fingerprint density at radius 1 is 1.00 bits per heavy atom. The Balaban J connectivity index is 1.75. The number of non-ortho nitro benzene ring substituents is 1. The molecule has 142 valence electrons. The highest BCUT2D eigenvalue weighted by molar-refractivity contribution is 5.96. The van der Waals surface area contributed by atoms with E-state index in [9.17, 15) is 24.5 Å². The summed E-state index contributed by atoms with van der Waals surface area (Å²) in [6, 6.07) is 12.6. The summed E-state index contributed by atoms with van der Waals surface area (Å²) in [6.45, 7) is 0. The van der Waals surface area contributed by atoms with Crippen LogP contribution in [-0.4, -0.2) is 21.9 Å². The second kappa shape index (κ2) is 7.83. The average molecular weight is 380 g/mol. The third-order valence-corrected chi connectivity index (χ3v) is 4.22. The lowest BCUT2D eigenvalue weighted by atomic mass is 10.1. The van der Waals surface area contributed by atoms with Crippen LogP contribution in [0.15, 0.2) is 53.3 Å². The van der Waals surface area contributed by atoms with Crippen LogP contribution in [0.1, 0.15) is 19.3 Å². The molecule has 0 radical (unpaired) electrons. The summed E-state index contributed by atoms with van der Waals surface area (Å²) in [6.07, 6.45) is 0.236. The molecule has 0 spiro atoms. The van der Waals surface area contributed by atoms with E-state index in [2.05, 4.69) is 5.32 Å². The van der Waals surface area contributed by atoms with Crippen molar-refractivity contribution in [3.05, 3.63) is 68.9 Å². The fourth-order valence-electron chi connectivity index (χ4n) is 2.87. The lowest BCUT2D eigenvalue weighted by molar-refractivity contribution is -0.384. The van der Waals surface area contributed by atoms with E-state index < -0.39 is 10.9 Å². The van der Waals surface area contributed by atoms with Crippen LogP contribution in [0.25, 0.3) is 22.3 Å². The second-order valence-corrected chi connectivity index (χ2v) is 6.26. The van der Waals surface area contributed by atoms with E-state index in [1.807, 2.05) is 0 Å². The van der Waals surface area contributed by atoms with E-state index in [1.54, 1.807) is 30.3 Å². The normalized spacial score (nSPS) is 10.7. The number of carbonyl (C=O) groups excluding carboxylic acids is 1. The molecule has 0 aliphatic rings. The van der Waals surface area contributed by atoms with Crippen molar-refractivity contribution < 1.29 is 19.6 Å². The predicted octanol–water partition coefficient (Wildman–Crippen LogP) is 3.36. The Bertz CT molecular complexity index is 1080. The third kappa shape index (κ3) is 4.29. The Morgan fingerprint density at radius 3 is 2.29 bits per heavy atom. The maximum absolute atomic E-state index is 12.3. The first-order chi connectivity index (χ1) is 13.4. The van der Waals surface area contributed by atoms with Crippen LogP contribution >= 0.6 is 0 Å². The molecular weight excluding hydrogens is 364 g/mol. The molecule has 3 aromatic rings. The van der Waals surface area contributed by atoms with Crippen molar-refractivity contribution in [2.45, 2.75) is 19.3 Å². The fourth-order valence-corrected chi connectivity index (χ4v) is 2.87. The monoisotopic (exact) mass is 380 g/mol. The summed E-state index contributed by atoms with van der Waals surface area (Å²) in [5, 5.41) is 22.2. The number of nitrogens with one attached hydrogen (secondary N) is 1. The average Bonchev–Trinajstić information content (AvgIpc) is 3.32. The standard InChI is InChI=1S/C20H16N2O6/c23-16(8-3-9-17(24)25)21-14-6-1-4-12(10-14)18-19(20(18)26)13-5-2-7-15(11-13)22(27)28/h1-2,4-7,10-11H,3,8-9H2,(H,21,23)(H,24,25). The highest BCUT2D eigenvalue weighted by Gasteiger charge is 2.26. The fraction of sp³-hybridized carbons (Fsp3) is 0.150. The quantitative estimate of drug-likeness (QED) is 0.456. The Hall–Kier alpha value is -3.81. The molecule has 0 aromatic heterocycles. The summed E-state index contributed by atoms with van der Waals surface area (Å²) in [4.78, 5) is 45.0. The number of nitro groups is 1. The molecule has 8 nitrogen and oxygen atoms in total. The first kappa shape index (κ1) is 19.0. The number of benzene rings is 2. The molecule has 0 unspecified atom stereocenters. The van der Waals surface area contributed by atoms with Crippen molar-refractivity contribution in [3.8, 4) is 22.3 Å². The summed E-state index contributed by atoms with van der Waals surface area (Å²) in [5.74, 6) is -1.27. The van der Waals surface area contributed by atoms with Crippen LogP contribution < -0.4 is 10.7 Å². The zero-order valence-corrected chi connectivity index (χ0v) is 14.7. The van der Waals surface area contributed by atoms with Crippen molar-refractivity contribution in [2.75, 3.05) is 5.32 Å². The van der Waals surface area contributed by atoms with Gasteiger partial charge in [0.05, 0.1) is 4.92 Å². The molecular formula is C20H16N2O6. The lowest BCUT2D eigenvalue weighted by Gasteiger charge is -2.05. The van der Waals surface area contributed by atoms with Crippen LogP contribution in [0.5, 0.6) is 0 Å². The minimum absolute atomic E-state index is 0.0804. The zero-order valence-electron chi connectivity index (χ0n) is 14.7. The summed E-state index contributed by atoms with van der Waals surface area (Å²) in [7, 11) is 0.